The fourth-order valence-corrected chi connectivity index (χ4v) is 3.03. The van der Waals surface area contributed by atoms with Gasteiger partial charge in [0.05, 0.1) is 12.2 Å². The van der Waals surface area contributed by atoms with Crippen LogP contribution in [-0.2, 0) is 14.3 Å². The van der Waals surface area contributed by atoms with E-state index in [0.717, 1.165) is 11.0 Å². The first-order valence-corrected chi connectivity index (χ1v) is 8.10. The monoisotopic (exact) mass is 392 g/mol. The van der Waals surface area contributed by atoms with Crippen molar-refractivity contribution in [2.24, 2.45) is 0 Å². The van der Waals surface area contributed by atoms with E-state index in [9.17, 15) is 14.4 Å². The number of carbonyl (C=O) groups is 3. The second kappa shape index (κ2) is 7.44. The molecule has 0 aromatic heterocycles. The number of benzene rings is 1. The smallest absolute Gasteiger partial charge is 0.338 e. The van der Waals surface area contributed by atoms with Crippen molar-refractivity contribution in [1.82, 2.24) is 10.2 Å². The Morgan fingerprint density at radius 3 is 2.67 bits per heavy atom. The number of hydrogen-bond acceptors (Lipinski definition) is 4. The molecule has 3 amide bonds. The van der Waals surface area contributed by atoms with Gasteiger partial charge in [-0.15, -0.1) is 0 Å². The minimum absolute atomic E-state index is 0.182. The Balaban J connectivity index is 2.69. The van der Waals surface area contributed by atoms with Crippen LogP contribution in [0.5, 0.6) is 0 Å². The van der Waals surface area contributed by atoms with E-state index < -0.39 is 23.9 Å². The van der Waals surface area contributed by atoms with Crippen LogP contribution in [0.2, 0.25) is 0 Å². The summed E-state index contributed by atoms with van der Waals surface area (Å²) in [5.74, 6) is -1.19. The molecule has 126 valence electrons. The molecule has 0 bridgehead atoms. The molecule has 7 heteroatoms. The Labute approximate surface area is 148 Å². The van der Waals surface area contributed by atoms with Crippen LogP contribution in [0.4, 0.5) is 4.79 Å². The summed E-state index contributed by atoms with van der Waals surface area (Å²) in [6.45, 7) is 6.90. The van der Waals surface area contributed by atoms with Crippen molar-refractivity contribution < 1.29 is 19.1 Å². The van der Waals surface area contributed by atoms with Crippen LogP contribution in [0, 0.1) is 0 Å². The normalized spacial score (nSPS) is 17.4. The number of amides is 3. The second-order valence-electron chi connectivity index (χ2n) is 5.03. The fraction of sp³-hybridized carbons (Fsp3) is 0.235. The first kappa shape index (κ1) is 17.9. The third kappa shape index (κ3) is 3.26. The maximum absolute atomic E-state index is 12.5. The Morgan fingerprint density at radius 2 is 2.08 bits per heavy atom. The summed E-state index contributed by atoms with van der Waals surface area (Å²) in [7, 11) is 0. The molecule has 0 fully saturated rings. The lowest BCUT2D eigenvalue weighted by atomic mass is 9.93. The summed E-state index contributed by atoms with van der Waals surface area (Å²) in [5, 5.41) is 2.54. The van der Waals surface area contributed by atoms with E-state index in [0.29, 0.717) is 15.7 Å². The van der Waals surface area contributed by atoms with Crippen molar-refractivity contribution in [1.29, 1.82) is 0 Å². The molecule has 1 aromatic carbocycles. The Hall–Kier alpha value is -2.41. The van der Waals surface area contributed by atoms with Crippen LogP contribution in [0.1, 0.15) is 25.5 Å². The summed E-state index contributed by atoms with van der Waals surface area (Å²) < 4.78 is 5.78. The molecular weight excluding hydrogens is 376 g/mol. The minimum atomic E-state index is -0.904. The summed E-state index contributed by atoms with van der Waals surface area (Å²) in [4.78, 5) is 38.1. The molecule has 1 N–H and O–H groups in total. The molecule has 1 aliphatic rings. The molecule has 0 aliphatic carbocycles. The highest BCUT2D eigenvalue weighted by Crippen LogP contribution is 2.37. The standard InChI is InChI=1S/C17H17BrN2O4/c1-4-13(21)20-15(11-8-6-7-9-12(11)18)14(16(22)24-5-2)10(3)19-17(20)23/h4,6-9,15H,1,5H2,2-3H3,(H,19,23). The topological polar surface area (TPSA) is 75.7 Å². The maximum atomic E-state index is 12.5. The van der Waals surface area contributed by atoms with Crippen molar-refractivity contribution >= 4 is 33.8 Å². The van der Waals surface area contributed by atoms with Crippen LogP contribution >= 0.6 is 15.9 Å². The Morgan fingerprint density at radius 1 is 1.42 bits per heavy atom. The van der Waals surface area contributed by atoms with Crippen molar-refractivity contribution in [3.8, 4) is 0 Å². The van der Waals surface area contributed by atoms with Gasteiger partial charge in [0.15, 0.2) is 0 Å². The quantitative estimate of drug-likeness (QED) is 0.630. The summed E-state index contributed by atoms with van der Waals surface area (Å²) >= 11 is 3.42. The van der Waals surface area contributed by atoms with Crippen LogP contribution in [-0.4, -0.2) is 29.4 Å². The van der Waals surface area contributed by atoms with Gasteiger partial charge < -0.3 is 10.1 Å². The molecule has 1 atom stereocenters. The highest BCUT2D eigenvalue weighted by molar-refractivity contribution is 9.10. The first-order chi connectivity index (χ1) is 11.4. The van der Waals surface area contributed by atoms with Crippen LogP contribution in [0.25, 0.3) is 0 Å². The molecule has 2 rings (SSSR count). The molecule has 1 heterocycles. The van der Waals surface area contributed by atoms with Gasteiger partial charge in [0.1, 0.15) is 6.04 Å². The fourth-order valence-electron chi connectivity index (χ4n) is 2.53. The zero-order valence-electron chi connectivity index (χ0n) is 13.3. The third-order valence-corrected chi connectivity index (χ3v) is 4.28. The summed E-state index contributed by atoms with van der Waals surface area (Å²) in [5.41, 5.74) is 1.16. The molecule has 1 aliphatic heterocycles. The van der Waals surface area contributed by atoms with Crippen LogP contribution in [0.15, 0.2) is 52.7 Å². The zero-order chi connectivity index (χ0) is 17.9. The average molecular weight is 393 g/mol. The highest BCUT2D eigenvalue weighted by Gasteiger charge is 2.41. The van der Waals surface area contributed by atoms with E-state index in [1.807, 2.05) is 0 Å². The van der Waals surface area contributed by atoms with Gasteiger partial charge in [0.2, 0.25) is 0 Å². The van der Waals surface area contributed by atoms with Crippen LogP contribution in [0.3, 0.4) is 0 Å². The predicted molar refractivity (Wildman–Crippen MR) is 91.8 cm³/mol. The molecule has 6 nitrogen and oxygen atoms in total. The van der Waals surface area contributed by atoms with Gasteiger partial charge in [0.25, 0.3) is 5.91 Å². The summed E-state index contributed by atoms with van der Waals surface area (Å²) in [6.07, 6.45) is 1.03. The van der Waals surface area contributed by atoms with Gasteiger partial charge in [-0.3, -0.25) is 4.79 Å². The molecule has 24 heavy (non-hydrogen) atoms. The van der Waals surface area contributed by atoms with E-state index in [2.05, 4.69) is 27.8 Å². The van der Waals surface area contributed by atoms with E-state index in [1.54, 1.807) is 38.1 Å². The van der Waals surface area contributed by atoms with E-state index in [1.165, 1.54) is 0 Å². The molecular formula is C17H17BrN2O4. The molecule has 0 radical (unpaired) electrons. The van der Waals surface area contributed by atoms with Crippen molar-refractivity contribution in [2.75, 3.05) is 6.61 Å². The number of allylic oxidation sites excluding steroid dienone is 1. The van der Waals surface area contributed by atoms with Crippen molar-refractivity contribution in [2.45, 2.75) is 19.9 Å². The van der Waals surface area contributed by atoms with Gasteiger partial charge in [-0.2, -0.15) is 0 Å². The summed E-state index contributed by atoms with van der Waals surface area (Å²) in [6, 6.07) is 5.56. The number of esters is 1. The number of nitrogens with one attached hydrogen (secondary N) is 1. The largest absolute Gasteiger partial charge is 0.463 e. The lowest BCUT2D eigenvalue weighted by Crippen LogP contribution is -2.50. The maximum Gasteiger partial charge on any atom is 0.338 e. The van der Waals surface area contributed by atoms with Gasteiger partial charge >= 0.3 is 12.0 Å². The predicted octanol–water partition coefficient (Wildman–Crippen LogP) is 3.07. The minimum Gasteiger partial charge on any atom is -0.463 e. The lowest BCUT2D eigenvalue weighted by Gasteiger charge is -2.36. The number of hydrogen-bond donors (Lipinski definition) is 1. The first-order valence-electron chi connectivity index (χ1n) is 7.31. The number of rotatable bonds is 4. The van der Waals surface area contributed by atoms with E-state index >= 15 is 0 Å². The van der Waals surface area contributed by atoms with Gasteiger partial charge in [0, 0.05) is 10.2 Å². The number of nitrogens with zero attached hydrogens (tertiary/aromatic N) is 1. The van der Waals surface area contributed by atoms with Crippen molar-refractivity contribution in [3.05, 3.63) is 58.2 Å². The third-order valence-electron chi connectivity index (χ3n) is 3.56. The van der Waals surface area contributed by atoms with E-state index in [-0.39, 0.29) is 12.2 Å². The molecule has 0 saturated carbocycles. The van der Waals surface area contributed by atoms with Gasteiger partial charge in [-0.1, -0.05) is 40.7 Å². The number of halogens is 1. The Kier molecular flexibility index (Phi) is 5.56. The number of urea groups is 1. The molecule has 1 unspecified atom stereocenters. The molecule has 1 aromatic rings. The van der Waals surface area contributed by atoms with Crippen molar-refractivity contribution in [3.63, 3.8) is 0 Å². The number of imide groups is 1. The number of ether oxygens (including phenoxy) is 1. The highest BCUT2D eigenvalue weighted by atomic mass is 79.9. The molecule has 0 spiro atoms. The average Bonchev–Trinajstić information content (AvgIpc) is 2.54. The lowest BCUT2D eigenvalue weighted by molar-refractivity contribution is -0.139. The SMILES string of the molecule is C=CC(=O)N1C(=O)NC(C)=C(C(=O)OCC)C1c1ccccc1Br. The molecule has 0 saturated heterocycles. The van der Waals surface area contributed by atoms with Gasteiger partial charge in [-0.05, 0) is 31.6 Å². The van der Waals surface area contributed by atoms with Gasteiger partial charge in [-0.25, -0.2) is 14.5 Å². The Bertz CT molecular complexity index is 742. The second-order valence-corrected chi connectivity index (χ2v) is 5.88. The number of carbonyl (C=O) groups excluding carboxylic acids is 3. The van der Waals surface area contributed by atoms with E-state index in [4.69, 9.17) is 4.74 Å². The zero-order valence-corrected chi connectivity index (χ0v) is 14.9. The van der Waals surface area contributed by atoms with Crippen LogP contribution < -0.4 is 5.32 Å².